The van der Waals surface area contributed by atoms with Gasteiger partial charge < -0.3 is 29.5 Å². The number of aliphatic hydroxyl groups is 3. The summed E-state index contributed by atoms with van der Waals surface area (Å²) in [7, 11) is 1.02. The van der Waals surface area contributed by atoms with E-state index in [2.05, 4.69) is 14.7 Å². The Balaban J connectivity index is 2.15. The van der Waals surface area contributed by atoms with Crippen molar-refractivity contribution in [2.75, 3.05) is 7.11 Å². The number of hydrogen-bond donors (Lipinski definition) is 3. The van der Waals surface area contributed by atoms with Crippen LogP contribution in [-0.2, 0) is 19.0 Å². The molecule has 0 aromatic carbocycles. The van der Waals surface area contributed by atoms with E-state index in [1.165, 1.54) is 0 Å². The monoisotopic (exact) mass is 320 g/mol. The summed E-state index contributed by atoms with van der Waals surface area (Å²) in [6.45, 7) is 0. The maximum atomic E-state index is 13.5. The molecule has 0 bridgehead atoms. The Morgan fingerprint density at radius 1 is 1.32 bits per heavy atom. The number of ether oxygens (including phenoxy) is 3. The zero-order valence-corrected chi connectivity index (χ0v) is 11.2. The smallest absolute Gasteiger partial charge is 0.369 e. The Kier molecular flexibility index (Phi) is 4.81. The Morgan fingerprint density at radius 3 is 2.64 bits per heavy atom. The van der Waals surface area contributed by atoms with Crippen molar-refractivity contribution < 1.29 is 43.5 Å². The van der Waals surface area contributed by atoms with Gasteiger partial charge in [0.25, 0.3) is 0 Å². The van der Waals surface area contributed by atoms with Gasteiger partial charge in [-0.15, -0.1) is 0 Å². The van der Waals surface area contributed by atoms with Gasteiger partial charge >= 0.3 is 12.0 Å². The van der Waals surface area contributed by atoms with Gasteiger partial charge in [-0.2, -0.15) is 4.99 Å². The summed E-state index contributed by atoms with van der Waals surface area (Å²) in [5.74, 6) is -1.79. The van der Waals surface area contributed by atoms with Crippen LogP contribution in [0, 0.1) is 0 Å². The number of esters is 1. The normalized spacial score (nSPS) is 38.4. The topological polar surface area (TPSA) is 147 Å². The molecule has 3 N–H and O–H groups in total. The highest BCUT2D eigenvalue weighted by Gasteiger charge is 2.49. The number of methoxy groups -OCH3 is 1. The SMILES string of the molecule is COC(=O)C1OC(OC2=NC(=O)N=CC2F)C(O)C(O)C1O. The molecule has 0 saturated carbocycles. The summed E-state index contributed by atoms with van der Waals surface area (Å²) in [4.78, 5) is 28.7. The molecule has 0 aromatic heterocycles. The standard InChI is InChI=1S/C11H13FN2O8/c1-20-9(18)7-5(16)4(15)6(17)10(21-7)22-8-3(12)2-13-11(19)14-8/h2-7,10,15-17H,1H3. The number of aliphatic imine (C=N–C) groups is 2. The third-order valence-electron chi connectivity index (χ3n) is 3.00. The summed E-state index contributed by atoms with van der Waals surface area (Å²) < 4.78 is 27.7. The van der Waals surface area contributed by atoms with E-state index < -0.39 is 54.8 Å². The molecule has 0 radical (unpaired) electrons. The van der Waals surface area contributed by atoms with Gasteiger partial charge in [-0.3, -0.25) is 0 Å². The first-order valence-electron chi connectivity index (χ1n) is 6.10. The average molecular weight is 320 g/mol. The van der Waals surface area contributed by atoms with Crippen LogP contribution in [0.4, 0.5) is 9.18 Å². The van der Waals surface area contributed by atoms with Crippen LogP contribution in [0.5, 0.6) is 0 Å². The van der Waals surface area contributed by atoms with E-state index in [0.29, 0.717) is 6.21 Å². The van der Waals surface area contributed by atoms with Crippen molar-refractivity contribution in [1.29, 1.82) is 0 Å². The van der Waals surface area contributed by atoms with Gasteiger partial charge in [-0.05, 0) is 0 Å². The number of rotatable bonds is 2. The number of nitrogens with zero attached hydrogens (tertiary/aromatic N) is 2. The second-order valence-electron chi connectivity index (χ2n) is 4.45. The Bertz CT molecular complexity index is 524. The Morgan fingerprint density at radius 2 is 2.00 bits per heavy atom. The highest BCUT2D eigenvalue weighted by atomic mass is 19.1. The van der Waals surface area contributed by atoms with E-state index in [9.17, 15) is 29.3 Å². The highest BCUT2D eigenvalue weighted by molar-refractivity contribution is 6.08. The molecule has 0 spiro atoms. The summed E-state index contributed by atoms with van der Waals surface area (Å²) in [6.07, 6.45) is -10.2. The van der Waals surface area contributed by atoms with Crippen molar-refractivity contribution in [1.82, 2.24) is 0 Å². The number of halogens is 1. The maximum absolute atomic E-state index is 13.5. The van der Waals surface area contributed by atoms with Gasteiger partial charge in [-0.25, -0.2) is 19.0 Å². The fraction of sp³-hybridized carbons (Fsp3) is 0.636. The van der Waals surface area contributed by atoms with Crippen molar-refractivity contribution in [2.45, 2.75) is 36.9 Å². The molecule has 22 heavy (non-hydrogen) atoms. The molecule has 10 nitrogen and oxygen atoms in total. The first-order valence-corrected chi connectivity index (χ1v) is 6.10. The Labute approximate surface area is 122 Å². The van der Waals surface area contributed by atoms with E-state index in [0.717, 1.165) is 7.11 Å². The number of alkyl halides is 1. The molecule has 11 heteroatoms. The van der Waals surface area contributed by atoms with E-state index in [1.54, 1.807) is 0 Å². The number of amides is 2. The fourth-order valence-corrected chi connectivity index (χ4v) is 1.84. The lowest BCUT2D eigenvalue weighted by Crippen LogP contribution is -2.61. The van der Waals surface area contributed by atoms with Crippen molar-refractivity contribution in [3.05, 3.63) is 0 Å². The second kappa shape index (κ2) is 6.44. The molecule has 0 aliphatic carbocycles. The molecule has 1 fully saturated rings. The number of urea groups is 1. The number of hydrogen-bond acceptors (Lipinski definition) is 8. The average Bonchev–Trinajstić information content (AvgIpc) is 2.50. The minimum atomic E-state index is -1.96. The van der Waals surface area contributed by atoms with E-state index in [-0.39, 0.29) is 0 Å². The van der Waals surface area contributed by atoms with Crippen LogP contribution < -0.4 is 0 Å². The van der Waals surface area contributed by atoms with E-state index >= 15 is 0 Å². The van der Waals surface area contributed by atoms with Crippen LogP contribution in [0.1, 0.15) is 0 Å². The summed E-state index contributed by atoms with van der Waals surface area (Å²) in [5, 5.41) is 29.1. The molecule has 2 heterocycles. The molecule has 2 aliphatic rings. The van der Waals surface area contributed by atoms with Crippen molar-refractivity contribution >= 4 is 24.1 Å². The molecular weight excluding hydrogens is 307 g/mol. The minimum Gasteiger partial charge on any atom is -0.467 e. The molecule has 2 rings (SSSR count). The van der Waals surface area contributed by atoms with Crippen LogP contribution in [0.3, 0.4) is 0 Å². The lowest BCUT2D eigenvalue weighted by atomic mass is 9.99. The largest absolute Gasteiger partial charge is 0.467 e. The van der Waals surface area contributed by atoms with Crippen molar-refractivity contribution in [3.8, 4) is 0 Å². The van der Waals surface area contributed by atoms with Gasteiger partial charge in [0.1, 0.15) is 18.3 Å². The van der Waals surface area contributed by atoms with Crippen LogP contribution >= 0.6 is 0 Å². The molecule has 122 valence electrons. The summed E-state index contributed by atoms with van der Waals surface area (Å²) >= 11 is 0. The molecular formula is C11H13FN2O8. The Hall–Kier alpha value is -1.95. The van der Waals surface area contributed by atoms with Crippen LogP contribution in [-0.4, -0.2) is 83.4 Å². The van der Waals surface area contributed by atoms with Crippen LogP contribution in [0.25, 0.3) is 0 Å². The highest BCUT2D eigenvalue weighted by Crippen LogP contribution is 2.24. The first kappa shape index (κ1) is 16.4. The number of aliphatic hydroxyl groups excluding tert-OH is 3. The predicted molar refractivity (Wildman–Crippen MR) is 66.0 cm³/mol. The van der Waals surface area contributed by atoms with Crippen molar-refractivity contribution in [3.63, 3.8) is 0 Å². The lowest BCUT2D eigenvalue weighted by molar-refractivity contribution is -0.276. The maximum Gasteiger partial charge on any atom is 0.369 e. The second-order valence-corrected chi connectivity index (χ2v) is 4.45. The van der Waals surface area contributed by atoms with Crippen LogP contribution in [0.2, 0.25) is 0 Å². The number of carbonyl (C=O) groups is 2. The third-order valence-corrected chi connectivity index (χ3v) is 3.00. The third kappa shape index (κ3) is 3.11. The molecule has 0 aromatic rings. The van der Waals surface area contributed by atoms with Gasteiger partial charge in [0.2, 0.25) is 18.4 Å². The molecule has 1 saturated heterocycles. The zero-order chi connectivity index (χ0) is 16.4. The minimum absolute atomic E-state index is 0.628. The van der Waals surface area contributed by atoms with E-state index in [4.69, 9.17) is 9.47 Å². The molecule has 6 unspecified atom stereocenters. The van der Waals surface area contributed by atoms with Gasteiger partial charge in [0, 0.05) is 0 Å². The first-order chi connectivity index (χ1) is 10.3. The van der Waals surface area contributed by atoms with Crippen molar-refractivity contribution in [2.24, 2.45) is 9.98 Å². The fourth-order valence-electron chi connectivity index (χ4n) is 1.84. The van der Waals surface area contributed by atoms with Gasteiger partial charge in [-0.1, -0.05) is 0 Å². The predicted octanol–water partition coefficient (Wildman–Crippen LogP) is -2.08. The molecule has 2 amide bonds. The lowest BCUT2D eigenvalue weighted by Gasteiger charge is -2.39. The quantitative estimate of drug-likeness (QED) is 0.491. The van der Waals surface area contributed by atoms with Crippen LogP contribution in [0.15, 0.2) is 9.98 Å². The zero-order valence-electron chi connectivity index (χ0n) is 11.2. The summed E-state index contributed by atoms with van der Waals surface area (Å²) in [5.41, 5.74) is 0. The molecule has 2 aliphatic heterocycles. The van der Waals surface area contributed by atoms with E-state index in [1.807, 2.05) is 0 Å². The summed E-state index contributed by atoms with van der Waals surface area (Å²) in [6, 6.07) is -1.03. The number of carbonyl (C=O) groups excluding carboxylic acids is 2. The van der Waals surface area contributed by atoms with Gasteiger partial charge in [0.05, 0.1) is 13.3 Å². The van der Waals surface area contributed by atoms with Gasteiger partial charge in [0.15, 0.2) is 6.10 Å². The molecule has 6 atom stereocenters.